The molecule has 1 aliphatic heterocycles. The molecule has 1 aliphatic carbocycles. The van der Waals surface area contributed by atoms with Crippen molar-refractivity contribution in [2.24, 2.45) is 0 Å². The Labute approximate surface area is 132 Å². The van der Waals surface area contributed by atoms with Gasteiger partial charge in [0.05, 0.1) is 7.11 Å². The molecule has 0 aromatic rings. The molecule has 0 bridgehead atoms. The van der Waals surface area contributed by atoms with Crippen molar-refractivity contribution in [2.75, 3.05) is 20.2 Å². The summed E-state index contributed by atoms with van der Waals surface area (Å²) in [6.45, 7) is 3.49. The highest BCUT2D eigenvalue weighted by atomic mass is 16.5. The van der Waals surface area contributed by atoms with Crippen LogP contribution in [0.25, 0.3) is 0 Å². The van der Waals surface area contributed by atoms with E-state index >= 15 is 0 Å². The summed E-state index contributed by atoms with van der Waals surface area (Å²) >= 11 is 0. The molecule has 22 heavy (non-hydrogen) atoms. The van der Waals surface area contributed by atoms with Gasteiger partial charge >= 0.3 is 12.0 Å². The fraction of sp³-hybridized carbons (Fsp3) is 0.875. The van der Waals surface area contributed by atoms with Crippen LogP contribution in [0.4, 0.5) is 4.79 Å². The Morgan fingerprint density at radius 1 is 1.00 bits per heavy atom. The summed E-state index contributed by atoms with van der Waals surface area (Å²) in [5, 5.41) is 6.17. The van der Waals surface area contributed by atoms with Gasteiger partial charge in [-0.3, -0.25) is 9.69 Å². The summed E-state index contributed by atoms with van der Waals surface area (Å²) in [4.78, 5) is 25.7. The number of ether oxygens (including phenoxy) is 1. The van der Waals surface area contributed by atoms with E-state index in [1.807, 2.05) is 6.92 Å². The lowest BCUT2D eigenvalue weighted by atomic mass is 9.96. The largest absolute Gasteiger partial charge is 0.468 e. The predicted molar refractivity (Wildman–Crippen MR) is 84.6 cm³/mol. The molecular weight excluding hydrogens is 282 g/mol. The average Bonchev–Trinajstić information content (AvgIpc) is 2.55. The lowest BCUT2D eigenvalue weighted by Crippen LogP contribution is -2.52. The zero-order valence-corrected chi connectivity index (χ0v) is 13.8. The third-order valence-electron chi connectivity index (χ3n) is 4.90. The van der Waals surface area contributed by atoms with Crippen molar-refractivity contribution in [3.63, 3.8) is 0 Å². The molecule has 2 fully saturated rings. The van der Waals surface area contributed by atoms with Crippen molar-refractivity contribution in [3.05, 3.63) is 0 Å². The number of methoxy groups -OCH3 is 1. The van der Waals surface area contributed by atoms with Crippen molar-refractivity contribution >= 4 is 12.0 Å². The van der Waals surface area contributed by atoms with Crippen molar-refractivity contribution < 1.29 is 14.3 Å². The van der Waals surface area contributed by atoms with Gasteiger partial charge in [0.15, 0.2) is 0 Å². The van der Waals surface area contributed by atoms with E-state index in [4.69, 9.17) is 4.74 Å². The van der Waals surface area contributed by atoms with Crippen LogP contribution < -0.4 is 10.6 Å². The monoisotopic (exact) mass is 311 g/mol. The second kappa shape index (κ2) is 8.36. The Morgan fingerprint density at radius 3 is 2.09 bits per heavy atom. The summed E-state index contributed by atoms with van der Waals surface area (Å²) in [5.41, 5.74) is 0. The van der Waals surface area contributed by atoms with Crippen LogP contribution in [0.15, 0.2) is 0 Å². The van der Waals surface area contributed by atoms with Crippen LogP contribution in [0.2, 0.25) is 0 Å². The minimum absolute atomic E-state index is 0.0358. The van der Waals surface area contributed by atoms with Gasteiger partial charge in [-0.1, -0.05) is 19.3 Å². The third-order valence-corrected chi connectivity index (χ3v) is 4.90. The van der Waals surface area contributed by atoms with Crippen LogP contribution in [0.3, 0.4) is 0 Å². The maximum atomic E-state index is 12.0. The van der Waals surface area contributed by atoms with Crippen molar-refractivity contribution in [1.29, 1.82) is 0 Å². The number of esters is 1. The molecule has 2 amide bonds. The molecule has 1 saturated carbocycles. The smallest absolute Gasteiger partial charge is 0.322 e. The first kappa shape index (κ1) is 17.1. The van der Waals surface area contributed by atoms with Gasteiger partial charge in [0, 0.05) is 25.2 Å². The quantitative estimate of drug-likeness (QED) is 0.775. The van der Waals surface area contributed by atoms with Crippen LogP contribution in [0.5, 0.6) is 0 Å². The van der Waals surface area contributed by atoms with Gasteiger partial charge in [-0.2, -0.15) is 0 Å². The average molecular weight is 311 g/mol. The van der Waals surface area contributed by atoms with Gasteiger partial charge in [-0.15, -0.1) is 0 Å². The number of carbonyl (C=O) groups is 2. The first-order valence-corrected chi connectivity index (χ1v) is 8.49. The third kappa shape index (κ3) is 4.87. The zero-order valence-electron chi connectivity index (χ0n) is 13.8. The van der Waals surface area contributed by atoms with Gasteiger partial charge in [-0.25, -0.2) is 4.79 Å². The number of nitrogens with zero attached hydrogens (tertiary/aromatic N) is 1. The summed E-state index contributed by atoms with van der Waals surface area (Å²) in [5.74, 6) is -0.193. The van der Waals surface area contributed by atoms with Crippen LogP contribution in [0.1, 0.15) is 51.9 Å². The Morgan fingerprint density at radius 2 is 1.55 bits per heavy atom. The van der Waals surface area contributed by atoms with E-state index in [1.54, 1.807) is 0 Å². The molecule has 2 rings (SSSR count). The molecule has 2 N–H and O–H groups in total. The zero-order chi connectivity index (χ0) is 15.9. The number of urea groups is 1. The van der Waals surface area contributed by atoms with Crippen LogP contribution in [0, 0.1) is 0 Å². The number of nitrogens with one attached hydrogen (secondary N) is 2. The molecule has 6 nitrogen and oxygen atoms in total. The van der Waals surface area contributed by atoms with Crippen LogP contribution >= 0.6 is 0 Å². The lowest BCUT2D eigenvalue weighted by molar-refractivity contribution is -0.146. The number of hydrogen-bond acceptors (Lipinski definition) is 4. The summed E-state index contributed by atoms with van der Waals surface area (Å²) in [7, 11) is 1.42. The molecule has 1 saturated heterocycles. The molecular formula is C16H29N3O3. The van der Waals surface area contributed by atoms with E-state index in [2.05, 4.69) is 15.5 Å². The molecule has 1 atom stereocenters. The summed E-state index contributed by atoms with van der Waals surface area (Å²) in [6.07, 6.45) is 7.67. The Balaban J connectivity index is 1.68. The number of likely N-dealkylation sites (tertiary alicyclic amines) is 1. The highest BCUT2D eigenvalue weighted by Crippen LogP contribution is 2.18. The Hall–Kier alpha value is -1.30. The number of carbonyl (C=O) groups excluding carboxylic acids is 2. The summed E-state index contributed by atoms with van der Waals surface area (Å²) in [6, 6.07) is 0.297. The Kier molecular flexibility index (Phi) is 6.49. The van der Waals surface area contributed by atoms with E-state index in [1.165, 1.54) is 26.4 Å². The van der Waals surface area contributed by atoms with Crippen LogP contribution in [-0.4, -0.2) is 55.2 Å². The van der Waals surface area contributed by atoms with E-state index < -0.39 is 0 Å². The summed E-state index contributed by atoms with van der Waals surface area (Å²) < 4.78 is 4.78. The topological polar surface area (TPSA) is 70.7 Å². The number of piperidine rings is 1. The maximum absolute atomic E-state index is 12.0. The second-order valence-electron chi connectivity index (χ2n) is 6.46. The van der Waals surface area contributed by atoms with Gasteiger partial charge in [0.1, 0.15) is 6.04 Å². The highest BCUT2D eigenvalue weighted by molar-refractivity contribution is 5.75. The highest BCUT2D eigenvalue weighted by Gasteiger charge is 2.28. The minimum atomic E-state index is -0.206. The molecule has 0 radical (unpaired) electrons. The number of amides is 2. The number of rotatable bonds is 4. The van der Waals surface area contributed by atoms with Crippen molar-refractivity contribution in [1.82, 2.24) is 15.5 Å². The molecule has 0 aromatic carbocycles. The molecule has 6 heteroatoms. The normalized spacial score (nSPS) is 22.8. The fourth-order valence-corrected chi connectivity index (χ4v) is 3.41. The van der Waals surface area contributed by atoms with E-state index in [9.17, 15) is 9.59 Å². The fourth-order valence-electron chi connectivity index (χ4n) is 3.41. The molecule has 2 aliphatic rings. The van der Waals surface area contributed by atoms with Crippen molar-refractivity contribution in [3.8, 4) is 0 Å². The molecule has 0 spiro atoms. The first-order valence-electron chi connectivity index (χ1n) is 8.49. The minimum Gasteiger partial charge on any atom is -0.468 e. The van der Waals surface area contributed by atoms with Crippen LogP contribution in [-0.2, 0) is 9.53 Å². The number of hydrogen-bond donors (Lipinski definition) is 2. The Bertz CT molecular complexity index is 375. The maximum Gasteiger partial charge on any atom is 0.322 e. The van der Waals surface area contributed by atoms with E-state index in [0.29, 0.717) is 6.04 Å². The lowest BCUT2D eigenvalue weighted by Gasteiger charge is -2.35. The van der Waals surface area contributed by atoms with Gasteiger partial charge in [-0.05, 0) is 32.6 Å². The van der Waals surface area contributed by atoms with Gasteiger partial charge in [0.2, 0.25) is 0 Å². The molecule has 0 unspecified atom stereocenters. The van der Waals surface area contributed by atoms with E-state index in [0.717, 1.165) is 38.8 Å². The SMILES string of the molecule is COC(=O)[C@H](C)N1CCC(NC(=O)NC2CCCCC2)CC1. The molecule has 0 aromatic heterocycles. The first-order chi connectivity index (χ1) is 10.6. The molecule has 126 valence electrons. The van der Waals surface area contributed by atoms with Crippen molar-refractivity contribution in [2.45, 2.75) is 70.0 Å². The van der Waals surface area contributed by atoms with E-state index in [-0.39, 0.29) is 24.1 Å². The second-order valence-corrected chi connectivity index (χ2v) is 6.46. The van der Waals surface area contributed by atoms with Gasteiger partial charge in [0.25, 0.3) is 0 Å². The predicted octanol–water partition coefficient (Wildman–Crippen LogP) is 1.64. The standard InChI is InChI=1S/C16H29N3O3/c1-12(15(20)22-2)19-10-8-14(9-11-19)18-16(21)17-13-6-4-3-5-7-13/h12-14H,3-11H2,1-2H3,(H2,17,18,21)/t12-/m0/s1. The molecule has 1 heterocycles. The van der Waals surface area contributed by atoms with Gasteiger partial charge < -0.3 is 15.4 Å².